The van der Waals surface area contributed by atoms with Crippen molar-refractivity contribution in [1.29, 1.82) is 0 Å². The van der Waals surface area contributed by atoms with Crippen LogP contribution >= 0.6 is 0 Å². The predicted molar refractivity (Wildman–Crippen MR) is 37.8 cm³/mol. The minimum atomic E-state index is 0.134. The van der Waals surface area contributed by atoms with Gasteiger partial charge in [0.2, 0.25) is 0 Å². The van der Waals surface area contributed by atoms with Gasteiger partial charge in [0, 0.05) is 0 Å². The van der Waals surface area contributed by atoms with Gasteiger partial charge < -0.3 is 4.42 Å². The van der Waals surface area contributed by atoms with E-state index in [2.05, 4.69) is 0 Å². The maximum atomic E-state index is 10.6. The molecule has 0 bridgehead atoms. The van der Waals surface area contributed by atoms with Crippen LogP contribution in [0.15, 0.2) is 16.5 Å². The molecule has 0 amide bonds. The lowest BCUT2D eigenvalue weighted by Gasteiger charge is -1.88. The van der Waals surface area contributed by atoms with E-state index in [1.807, 2.05) is 19.1 Å². The van der Waals surface area contributed by atoms with Gasteiger partial charge >= 0.3 is 0 Å². The lowest BCUT2D eigenvalue weighted by atomic mass is 10.2. The van der Waals surface area contributed by atoms with Crippen LogP contribution in [0.25, 0.3) is 0 Å². The van der Waals surface area contributed by atoms with E-state index < -0.39 is 0 Å². The average molecular weight is 138 g/mol. The molecule has 1 rings (SSSR count). The highest BCUT2D eigenvalue weighted by molar-refractivity contribution is 5.77. The summed E-state index contributed by atoms with van der Waals surface area (Å²) < 4.78 is 5.17. The van der Waals surface area contributed by atoms with Crippen LogP contribution in [-0.4, -0.2) is 5.78 Å². The summed E-state index contributed by atoms with van der Waals surface area (Å²) in [7, 11) is 0. The van der Waals surface area contributed by atoms with Crippen LogP contribution in [0.4, 0.5) is 0 Å². The third-order valence-corrected chi connectivity index (χ3v) is 1.22. The molecule has 0 aromatic carbocycles. The molecule has 1 heterocycles. The number of carbonyl (C=O) groups excluding carboxylic acids is 1. The first-order valence-electron chi connectivity index (χ1n) is 3.23. The zero-order chi connectivity index (χ0) is 7.56. The van der Waals surface area contributed by atoms with Crippen molar-refractivity contribution in [3.05, 3.63) is 23.7 Å². The van der Waals surface area contributed by atoms with Crippen LogP contribution in [0.1, 0.15) is 18.4 Å². The van der Waals surface area contributed by atoms with E-state index in [0.717, 1.165) is 11.5 Å². The number of furan rings is 1. The fraction of sp³-hybridized carbons (Fsp3) is 0.375. The molecule has 0 aliphatic rings. The van der Waals surface area contributed by atoms with Crippen molar-refractivity contribution in [2.75, 3.05) is 0 Å². The summed E-state index contributed by atoms with van der Waals surface area (Å²) >= 11 is 0. The number of hydrogen-bond acceptors (Lipinski definition) is 2. The van der Waals surface area contributed by atoms with Crippen molar-refractivity contribution in [1.82, 2.24) is 0 Å². The molecule has 2 nitrogen and oxygen atoms in total. The number of aryl methyl sites for hydroxylation is 1. The summed E-state index contributed by atoms with van der Waals surface area (Å²) in [5, 5.41) is 0. The van der Waals surface area contributed by atoms with Gasteiger partial charge in [0.15, 0.2) is 0 Å². The summed E-state index contributed by atoms with van der Waals surface area (Å²) in [6, 6.07) is 3.69. The number of rotatable bonds is 2. The molecular weight excluding hydrogens is 128 g/mol. The summed E-state index contributed by atoms with van der Waals surface area (Å²) in [5.41, 5.74) is 0. The maximum absolute atomic E-state index is 10.6. The second kappa shape index (κ2) is 2.69. The van der Waals surface area contributed by atoms with Gasteiger partial charge in [-0.15, -0.1) is 0 Å². The Balaban J connectivity index is 2.67. The van der Waals surface area contributed by atoms with E-state index >= 15 is 0 Å². The van der Waals surface area contributed by atoms with Gasteiger partial charge in [-0.2, -0.15) is 0 Å². The molecule has 0 saturated carbocycles. The number of ketones is 1. The number of carbonyl (C=O) groups is 1. The van der Waals surface area contributed by atoms with E-state index in [-0.39, 0.29) is 5.78 Å². The molecule has 54 valence electrons. The largest absolute Gasteiger partial charge is 0.466 e. The summed E-state index contributed by atoms with van der Waals surface area (Å²) in [6.45, 7) is 3.42. The third kappa shape index (κ3) is 1.72. The molecule has 0 saturated heterocycles. The summed E-state index contributed by atoms with van der Waals surface area (Å²) in [4.78, 5) is 10.6. The molecule has 1 aromatic heterocycles. The van der Waals surface area contributed by atoms with Crippen LogP contribution in [-0.2, 0) is 11.2 Å². The van der Waals surface area contributed by atoms with E-state index in [1.165, 1.54) is 0 Å². The Kier molecular flexibility index (Phi) is 1.90. The lowest BCUT2D eigenvalue weighted by Crippen LogP contribution is -1.93. The Hall–Kier alpha value is -1.05. The second-order valence-electron chi connectivity index (χ2n) is 2.39. The first-order valence-corrected chi connectivity index (χ1v) is 3.23. The molecule has 1 aromatic rings. The highest BCUT2D eigenvalue weighted by Crippen LogP contribution is 2.06. The van der Waals surface area contributed by atoms with Crippen molar-refractivity contribution in [3.63, 3.8) is 0 Å². The molecule has 0 aliphatic carbocycles. The molecule has 2 heteroatoms. The molecule has 0 fully saturated rings. The van der Waals surface area contributed by atoms with E-state index in [1.54, 1.807) is 6.92 Å². The molecule has 0 unspecified atom stereocenters. The van der Waals surface area contributed by atoms with Gasteiger partial charge in [-0.3, -0.25) is 4.79 Å². The van der Waals surface area contributed by atoms with Crippen molar-refractivity contribution in [3.8, 4) is 0 Å². The Bertz CT molecular complexity index is 235. The van der Waals surface area contributed by atoms with Crippen molar-refractivity contribution in [2.24, 2.45) is 0 Å². The van der Waals surface area contributed by atoms with Crippen molar-refractivity contribution in [2.45, 2.75) is 20.3 Å². The fourth-order valence-corrected chi connectivity index (χ4v) is 0.825. The molecule has 0 aliphatic heterocycles. The monoisotopic (exact) mass is 138 g/mol. The molecule has 0 radical (unpaired) electrons. The smallest absolute Gasteiger partial charge is 0.137 e. The molecule has 10 heavy (non-hydrogen) atoms. The third-order valence-electron chi connectivity index (χ3n) is 1.22. The normalized spacial score (nSPS) is 9.80. The second-order valence-corrected chi connectivity index (χ2v) is 2.39. The Labute approximate surface area is 59.8 Å². The van der Waals surface area contributed by atoms with Crippen LogP contribution in [0.2, 0.25) is 0 Å². The van der Waals surface area contributed by atoms with Gasteiger partial charge in [-0.05, 0) is 26.0 Å². The van der Waals surface area contributed by atoms with E-state index in [9.17, 15) is 4.79 Å². The first-order chi connectivity index (χ1) is 4.68. The van der Waals surface area contributed by atoms with Gasteiger partial charge in [-0.1, -0.05) is 0 Å². The zero-order valence-corrected chi connectivity index (χ0v) is 6.18. The fourth-order valence-electron chi connectivity index (χ4n) is 0.825. The van der Waals surface area contributed by atoms with Crippen LogP contribution in [0.3, 0.4) is 0 Å². The highest BCUT2D eigenvalue weighted by Gasteiger charge is 2.00. The Morgan fingerprint density at radius 1 is 1.60 bits per heavy atom. The first kappa shape index (κ1) is 7.06. The zero-order valence-electron chi connectivity index (χ0n) is 6.18. The van der Waals surface area contributed by atoms with Crippen molar-refractivity contribution >= 4 is 5.78 Å². The molecular formula is C8H10O2. The lowest BCUT2D eigenvalue weighted by molar-refractivity contribution is -0.116. The maximum Gasteiger partial charge on any atom is 0.137 e. The van der Waals surface area contributed by atoms with E-state index in [4.69, 9.17) is 4.42 Å². The van der Waals surface area contributed by atoms with Crippen LogP contribution in [0.5, 0.6) is 0 Å². The molecule has 0 N–H and O–H groups in total. The minimum absolute atomic E-state index is 0.134. The summed E-state index contributed by atoms with van der Waals surface area (Å²) in [5.74, 6) is 1.75. The van der Waals surface area contributed by atoms with Crippen LogP contribution < -0.4 is 0 Å². The Morgan fingerprint density at radius 2 is 2.30 bits per heavy atom. The number of Topliss-reactive ketones (excluding diaryl/α,β-unsaturated/α-hetero) is 1. The quantitative estimate of drug-likeness (QED) is 0.622. The van der Waals surface area contributed by atoms with Crippen LogP contribution in [0, 0.1) is 6.92 Å². The standard InChI is InChI=1S/C8H10O2/c1-6(9)5-8-4-3-7(2)10-8/h3-4H,5H2,1-2H3. The molecule has 0 spiro atoms. The molecule has 0 atom stereocenters. The number of hydrogen-bond donors (Lipinski definition) is 0. The van der Waals surface area contributed by atoms with Gasteiger partial charge in [0.05, 0.1) is 6.42 Å². The summed E-state index contributed by atoms with van der Waals surface area (Å²) in [6.07, 6.45) is 0.411. The Morgan fingerprint density at radius 3 is 2.70 bits per heavy atom. The van der Waals surface area contributed by atoms with Gasteiger partial charge in [0.1, 0.15) is 17.3 Å². The SMILES string of the molecule is CC(=O)Cc1ccc(C)o1. The van der Waals surface area contributed by atoms with Gasteiger partial charge in [0.25, 0.3) is 0 Å². The topological polar surface area (TPSA) is 30.2 Å². The van der Waals surface area contributed by atoms with Crippen molar-refractivity contribution < 1.29 is 9.21 Å². The predicted octanol–water partition coefficient (Wildman–Crippen LogP) is 1.72. The van der Waals surface area contributed by atoms with E-state index in [0.29, 0.717) is 6.42 Å². The average Bonchev–Trinajstić information content (AvgIpc) is 2.13. The van der Waals surface area contributed by atoms with Gasteiger partial charge in [-0.25, -0.2) is 0 Å². The minimum Gasteiger partial charge on any atom is -0.466 e. The highest BCUT2D eigenvalue weighted by atomic mass is 16.3.